The van der Waals surface area contributed by atoms with E-state index in [1.165, 1.54) is 0 Å². The first-order chi connectivity index (χ1) is 6.59. The Morgan fingerprint density at radius 2 is 1.67 bits per heavy atom. The van der Waals surface area contributed by atoms with Crippen LogP contribution >= 0.6 is 86.9 Å². The van der Waals surface area contributed by atoms with E-state index in [1.54, 1.807) is 4.68 Å². The molecule has 1 aromatic rings. The van der Waals surface area contributed by atoms with Gasteiger partial charge in [-0.3, -0.25) is 0 Å². The van der Waals surface area contributed by atoms with Gasteiger partial charge in [-0.1, -0.05) is 71.0 Å². The zero-order valence-corrected chi connectivity index (χ0v) is 15.5. The lowest BCUT2D eigenvalue weighted by Crippen LogP contribution is -2.35. The number of halogens is 6. The highest BCUT2D eigenvalue weighted by Gasteiger charge is 2.47. The van der Waals surface area contributed by atoms with Crippen LogP contribution in [0.4, 0.5) is 0 Å². The molecular formula is C7H6Br4Cl2N2. The summed E-state index contributed by atoms with van der Waals surface area (Å²) in [7, 11) is 0. The van der Waals surface area contributed by atoms with Crippen LogP contribution in [0, 0.1) is 13.8 Å². The Balaban J connectivity index is 3.34. The summed E-state index contributed by atoms with van der Waals surface area (Å²) in [6, 6.07) is 0. The summed E-state index contributed by atoms with van der Waals surface area (Å²) < 4.78 is -0.166. The summed E-state index contributed by atoms with van der Waals surface area (Å²) in [5.41, 5.74) is 1.51. The van der Waals surface area contributed by atoms with Crippen LogP contribution in [-0.2, 0) is 3.91 Å². The van der Waals surface area contributed by atoms with Crippen molar-refractivity contribution >= 4 is 86.9 Å². The summed E-state index contributed by atoms with van der Waals surface area (Å²) >= 11 is 25.8. The predicted octanol–water partition coefficient (Wildman–Crippen LogP) is 5.24. The first kappa shape index (κ1) is 14.8. The van der Waals surface area contributed by atoms with Gasteiger partial charge in [0.1, 0.15) is 0 Å². The quantitative estimate of drug-likeness (QED) is 0.475. The van der Waals surface area contributed by atoms with Gasteiger partial charge in [0, 0.05) is 0 Å². The minimum atomic E-state index is -1.01. The Hall–Kier alpha value is 1.71. The van der Waals surface area contributed by atoms with E-state index in [9.17, 15) is 0 Å². The van der Waals surface area contributed by atoms with Gasteiger partial charge in [0.25, 0.3) is 0 Å². The Morgan fingerprint density at radius 3 is 1.93 bits per heavy atom. The van der Waals surface area contributed by atoms with Gasteiger partial charge in [0.15, 0.2) is 2.14 Å². The molecule has 0 aliphatic heterocycles. The molecule has 1 atom stereocenters. The number of alkyl halides is 5. The normalized spacial score (nSPS) is 16.5. The molecule has 0 aliphatic rings. The fraction of sp³-hybridized carbons (Fsp3) is 0.571. The van der Waals surface area contributed by atoms with E-state index < -0.39 is 6.05 Å². The largest absolute Gasteiger partial charge is 0.233 e. The van der Waals surface area contributed by atoms with Crippen LogP contribution in [0.2, 0.25) is 5.02 Å². The van der Waals surface area contributed by atoms with Crippen molar-refractivity contribution in [3.8, 4) is 0 Å². The molecule has 0 N–H and O–H groups in total. The molecule has 1 rings (SSSR count). The molecule has 0 amide bonds. The minimum Gasteiger partial charge on any atom is -0.233 e. The maximum absolute atomic E-state index is 6.35. The van der Waals surface area contributed by atoms with E-state index in [0.29, 0.717) is 5.02 Å². The predicted molar refractivity (Wildman–Crippen MR) is 79.0 cm³/mol. The van der Waals surface area contributed by atoms with Crippen molar-refractivity contribution in [3.63, 3.8) is 0 Å². The maximum atomic E-state index is 6.35. The van der Waals surface area contributed by atoms with Crippen LogP contribution in [0.1, 0.15) is 11.4 Å². The Morgan fingerprint density at radius 1 is 1.20 bits per heavy atom. The minimum absolute atomic E-state index is 0.608. The standard InChI is InChI=1S/C7H6Br4Cl2N2/c1-3-5(12)4(2)15(14-3)7(11,13)6(8,9)10/h1-2H3. The van der Waals surface area contributed by atoms with Crippen LogP contribution in [0.5, 0.6) is 0 Å². The highest BCUT2D eigenvalue weighted by atomic mass is 80.0. The third-order valence-electron chi connectivity index (χ3n) is 1.81. The van der Waals surface area contributed by atoms with Crippen LogP contribution in [0.25, 0.3) is 0 Å². The number of aryl methyl sites for hydroxylation is 1. The molecule has 86 valence electrons. The molecule has 8 heteroatoms. The molecule has 0 fully saturated rings. The average Bonchev–Trinajstić information content (AvgIpc) is 2.31. The average molecular weight is 509 g/mol. The van der Waals surface area contributed by atoms with Gasteiger partial charge in [-0.15, -0.1) is 0 Å². The summed E-state index contributed by atoms with van der Waals surface area (Å²) in [4.78, 5) is 0. The van der Waals surface area contributed by atoms with Gasteiger partial charge >= 0.3 is 0 Å². The third kappa shape index (κ3) is 2.76. The lowest BCUT2D eigenvalue weighted by Gasteiger charge is -2.30. The van der Waals surface area contributed by atoms with Gasteiger partial charge in [0.05, 0.1) is 16.4 Å². The zero-order chi connectivity index (χ0) is 12.0. The number of hydrogen-bond donors (Lipinski definition) is 0. The van der Waals surface area contributed by atoms with E-state index in [2.05, 4.69) is 68.8 Å². The van der Waals surface area contributed by atoms with Gasteiger partial charge in [-0.25, -0.2) is 4.68 Å². The number of hydrogen-bond acceptors (Lipinski definition) is 1. The summed E-state index contributed by atoms with van der Waals surface area (Å²) in [5, 5.41) is 4.87. The number of aromatic nitrogens is 2. The van der Waals surface area contributed by atoms with Gasteiger partial charge in [0.2, 0.25) is 3.91 Å². The van der Waals surface area contributed by atoms with Gasteiger partial charge in [-0.2, -0.15) is 5.10 Å². The molecular weight excluding hydrogens is 503 g/mol. The van der Waals surface area contributed by atoms with E-state index in [-0.39, 0.29) is 0 Å². The van der Waals surface area contributed by atoms with Crippen molar-refractivity contribution in [1.29, 1.82) is 0 Å². The second kappa shape index (κ2) is 4.76. The Labute approximate surface area is 132 Å². The number of nitrogens with zero attached hydrogens (tertiary/aromatic N) is 2. The van der Waals surface area contributed by atoms with Crippen molar-refractivity contribution in [2.75, 3.05) is 0 Å². The van der Waals surface area contributed by atoms with Crippen molar-refractivity contribution < 1.29 is 0 Å². The molecule has 15 heavy (non-hydrogen) atoms. The smallest absolute Gasteiger partial charge is 0.225 e. The molecule has 0 saturated heterocycles. The van der Waals surface area contributed by atoms with Crippen LogP contribution < -0.4 is 0 Å². The molecule has 0 radical (unpaired) electrons. The Kier molecular flexibility index (Phi) is 4.69. The highest BCUT2D eigenvalue weighted by Crippen LogP contribution is 2.55. The molecule has 2 nitrogen and oxygen atoms in total. The summed E-state index contributed by atoms with van der Waals surface area (Å²) in [5.74, 6) is 0. The lowest BCUT2D eigenvalue weighted by molar-refractivity contribution is 0.564. The topological polar surface area (TPSA) is 17.8 Å². The van der Waals surface area contributed by atoms with Crippen LogP contribution in [0.15, 0.2) is 0 Å². The second-order valence-electron chi connectivity index (χ2n) is 2.94. The fourth-order valence-electron chi connectivity index (χ4n) is 1.02. The van der Waals surface area contributed by atoms with Crippen LogP contribution in [-0.4, -0.2) is 11.9 Å². The molecule has 1 heterocycles. The summed E-state index contributed by atoms with van der Waals surface area (Å²) in [6.45, 7) is 3.67. The van der Waals surface area contributed by atoms with Crippen molar-refractivity contribution in [2.24, 2.45) is 0 Å². The van der Waals surface area contributed by atoms with E-state index in [1.807, 2.05) is 13.8 Å². The van der Waals surface area contributed by atoms with Gasteiger partial charge < -0.3 is 0 Å². The molecule has 0 aromatic carbocycles. The molecule has 0 spiro atoms. The van der Waals surface area contributed by atoms with E-state index in [0.717, 1.165) is 11.4 Å². The fourth-order valence-corrected chi connectivity index (χ4v) is 2.15. The van der Waals surface area contributed by atoms with Crippen molar-refractivity contribution in [1.82, 2.24) is 9.78 Å². The van der Waals surface area contributed by atoms with Crippen LogP contribution in [0.3, 0.4) is 0 Å². The second-order valence-corrected chi connectivity index (χ2v) is 12.2. The monoisotopic (exact) mass is 504 g/mol. The molecule has 1 unspecified atom stereocenters. The van der Waals surface area contributed by atoms with Gasteiger partial charge in [-0.05, 0) is 29.8 Å². The SMILES string of the molecule is Cc1nn(C(Cl)(Br)C(Br)(Br)Br)c(C)c1Cl. The summed E-state index contributed by atoms with van der Waals surface area (Å²) in [6.07, 6.45) is 0. The Bertz CT molecular complexity index is 383. The van der Waals surface area contributed by atoms with E-state index in [4.69, 9.17) is 23.2 Å². The number of rotatable bonds is 1. The maximum Gasteiger partial charge on any atom is 0.225 e. The van der Waals surface area contributed by atoms with E-state index >= 15 is 0 Å². The lowest BCUT2D eigenvalue weighted by atomic mass is 10.4. The molecule has 0 aliphatic carbocycles. The zero-order valence-electron chi connectivity index (χ0n) is 7.66. The molecule has 0 bridgehead atoms. The first-order valence-electron chi connectivity index (χ1n) is 3.75. The highest BCUT2D eigenvalue weighted by molar-refractivity contribution is 9.40. The molecule has 0 saturated carbocycles. The van der Waals surface area contributed by atoms with Crippen molar-refractivity contribution in [2.45, 2.75) is 19.9 Å². The first-order valence-corrected chi connectivity index (χ1v) is 7.68. The third-order valence-corrected chi connectivity index (χ3v) is 7.73. The molecule has 1 aromatic heterocycles. The van der Waals surface area contributed by atoms with Crippen molar-refractivity contribution in [3.05, 3.63) is 16.4 Å².